The van der Waals surface area contributed by atoms with Crippen LogP contribution in [0.4, 0.5) is 14.6 Å². The molecule has 2 aromatic carbocycles. The van der Waals surface area contributed by atoms with Crippen LogP contribution in [-0.2, 0) is 0 Å². The van der Waals surface area contributed by atoms with Gasteiger partial charge in [0.1, 0.15) is 35.2 Å². The third-order valence-corrected chi connectivity index (χ3v) is 8.53. The molecule has 2 aromatic heterocycles. The molecule has 0 spiro atoms. The highest BCUT2D eigenvalue weighted by atomic mass is 19.1. The van der Waals surface area contributed by atoms with E-state index in [0.29, 0.717) is 28.6 Å². The Balaban J connectivity index is 1.38. The van der Waals surface area contributed by atoms with Crippen LogP contribution in [0.1, 0.15) is 37.7 Å². The second-order valence-electron chi connectivity index (χ2n) is 10.7. The van der Waals surface area contributed by atoms with Gasteiger partial charge in [0.05, 0.1) is 16.5 Å². The van der Waals surface area contributed by atoms with Crippen molar-refractivity contribution < 1.29 is 18.6 Å². The van der Waals surface area contributed by atoms with Gasteiger partial charge in [-0.05, 0) is 68.8 Å². The molecule has 198 valence electrons. The minimum Gasteiger partial charge on any atom is -0.508 e. The lowest BCUT2D eigenvalue weighted by molar-refractivity contribution is 0.108. The van der Waals surface area contributed by atoms with E-state index in [1.165, 1.54) is 30.5 Å². The van der Waals surface area contributed by atoms with Crippen molar-refractivity contribution >= 4 is 27.5 Å². The summed E-state index contributed by atoms with van der Waals surface area (Å²) in [6.07, 6.45) is 12.6. The number of halogens is 2. The molecule has 0 bridgehead atoms. The molecule has 0 unspecified atom stereocenters. The van der Waals surface area contributed by atoms with Crippen LogP contribution in [0.15, 0.2) is 30.5 Å². The molecule has 3 aliphatic rings. The largest absolute Gasteiger partial charge is 0.508 e. The molecular weight excluding hydrogens is 500 g/mol. The molecule has 1 N–H and O–H groups in total. The third-order valence-electron chi connectivity index (χ3n) is 8.53. The number of pyridine rings is 1. The van der Waals surface area contributed by atoms with Gasteiger partial charge in [-0.1, -0.05) is 12.0 Å². The molecule has 5 heterocycles. The number of ether oxygens (including phenoxy) is 1. The van der Waals surface area contributed by atoms with Crippen molar-refractivity contribution in [3.8, 4) is 35.4 Å². The highest BCUT2D eigenvalue weighted by Gasteiger charge is 2.45. The first-order valence-electron chi connectivity index (χ1n) is 13.4. The first kappa shape index (κ1) is 24.0. The zero-order chi connectivity index (χ0) is 26.7. The standard InChI is InChI=1S/C30H27F2N5O2/c1-2-20-23(31)7-6-18-14-19(38)15-21(24(18)20)26-25(32)27-22(16-33-26)28(36-10-5-11-36)35-29(34-27)39-17-30-8-3-12-37(30)13-4-9-30/h1,6-7,14-16,38H,3-5,8-13,17H2. The average Bonchev–Trinajstić information content (AvgIpc) is 3.47. The van der Waals surface area contributed by atoms with E-state index in [2.05, 4.69) is 25.7 Å². The van der Waals surface area contributed by atoms with E-state index in [1.807, 2.05) is 0 Å². The van der Waals surface area contributed by atoms with Gasteiger partial charge < -0.3 is 14.7 Å². The number of nitrogens with zero attached hydrogens (tertiary/aromatic N) is 5. The second-order valence-corrected chi connectivity index (χ2v) is 10.7. The van der Waals surface area contributed by atoms with Gasteiger partial charge in [0.25, 0.3) is 0 Å². The van der Waals surface area contributed by atoms with Gasteiger partial charge >= 0.3 is 6.01 Å². The molecule has 0 saturated carbocycles. The number of aromatic hydroxyl groups is 1. The molecule has 0 amide bonds. The minimum atomic E-state index is -0.706. The number of anilines is 1. The van der Waals surface area contributed by atoms with Crippen molar-refractivity contribution in [2.24, 2.45) is 0 Å². The molecule has 0 aliphatic carbocycles. The molecule has 3 aliphatic heterocycles. The molecule has 3 fully saturated rings. The van der Waals surface area contributed by atoms with Gasteiger partial charge in [0, 0.05) is 30.2 Å². The van der Waals surface area contributed by atoms with Gasteiger partial charge in [-0.2, -0.15) is 9.97 Å². The van der Waals surface area contributed by atoms with Crippen LogP contribution in [-0.4, -0.2) is 63.3 Å². The Bertz CT molecular complexity index is 1670. The number of hydrogen-bond acceptors (Lipinski definition) is 7. The van der Waals surface area contributed by atoms with Gasteiger partial charge in [-0.25, -0.2) is 8.78 Å². The van der Waals surface area contributed by atoms with E-state index in [9.17, 15) is 9.50 Å². The second kappa shape index (κ2) is 9.02. The Morgan fingerprint density at radius 2 is 1.85 bits per heavy atom. The molecule has 3 saturated heterocycles. The summed E-state index contributed by atoms with van der Waals surface area (Å²) in [4.78, 5) is 18.2. The Kier molecular flexibility index (Phi) is 5.56. The molecular formula is C30H27F2N5O2. The Morgan fingerprint density at radius 1 is 1.05 bits per heavy atom. The third kappa shape index (κ3) is 3.77. The average molecular weight is 528 g/mol. The zero-order valence-corrected chi connectivity index (χ0v) is 21.4. The molecule has 0 atom stereocenters. The van der Waals surface area contributed by atoms with Crippen molar-refractivity contribution in [3.05, 3.63) is 47.7 Å². The first-order valence-corrected chi connectivity index (χ1v) is 13.4. The lowest BCUT2D eigenvalue weighted by Gasteiger charge is -2.33. The summed E-state index contributed by atoms with van der Waals surface area (Å²) in [7, 11) is 0. The number of terminal acetylenes is 1. The van der Waals surface area contributed by atoms with Crippen molar-refractivity contribution in [3.63, 3.8) is 0 Å². The van der Waals surface area contributed by atoms with Crippen LogP contribution in [0.25, 0.3) is 32.9 Å². The molecule has 39 heavy (non-hydrogen) atoms. The number of fused-ring (bicyclic) bond motifs is 3. The minimum absolute atomic E-state index is 0.00658. The Labute approximate surface area is 224 Å². The van der Waals surface area contributed by atoms with E-state index in [1.54, 1.807) is 0 Å². The van der Waals surface area contributed by atoms with Gasteiger partial charge in [-0.3, -0.25) is 9.88 Å². The molecule has 9 heteroatoms. The van der Waals surface area contributed by atoms with Crippen LogP contribution >= 0.6 is 0 Å². The van der Waals surface area contributed by atoms with Crippen molar-refractivity contribution in [2.45, 2.75) is 37.6 Å². The monoisotopic (exact) mass is 527 g/mol. The lowest BCUT2D eigenvalue weighted by Crippen LogP contribution is -2.43. The fourth-order valence-corrected chi connectivity index (χ4v) is 6.46. The summed E-state index contributed by atoms with van der Waals surface area (Å²) in [6, 6.07) is 5.67. The molecule has 0 radical (unpaired) electrons. The van der Waals surface area contributed by atoms with Crippen molar-refractivity contribution in [2.75, 3.05) is 37.7 Å². The summed E-state index contributed by atoms with van der Waals surface area (Å²) in [5.74, 6) is 1.53. The summed E-state index contributed by atoms with van der Waals surface area (Å²) in [5.41, 5.74) is 0.145. The maximum Gasteiger partial charge on any atom is 0.319 e. The fourth-order valence-electron chi connectivity index (χ4n) is 6.46. The van der Waals surface area contributed by atoms with Gasteiger partial charge in [-0.15, -0.1) is 6.42 Å². The van der Waals surface area contributed by atoms with Gasteiger partial charge in [0.15, 0.2) is 5.82 Å². The van der Waals surface area contributed by atoms with Crippen LogP contribution in [0, 0.1) is 24.0 Å². The first-order chi connectivity index (χ1) is 19.0. The van der Waals surface area contributed by atoms with Crippen molar-refractivity contribution in [1.29, 1.82) is 0 Å². The van der Waals surface area contributed by atoms with Crippen LogP contribution < -0.4 is 9.64 Å². The number of aromatic nitrogens is 3. The van der Waals surface area contributed by atoms with E-state index in [4.69, 9.17) is 16.1 Å². The highest BCUT2D eigenvalue weighted by molar-refractivity contribution is 6.03. The fraction of sp³-hybridized carbons (Fsp3) is 0.367. The maximum absolute atomic E-state index is 16.4. The summed E-state index contributed by atoms with van der Waals surface area (Å²) >= 11 is 0. The van der Waals surface area contributed by atoms with Crippen LogP contribution in [0.5, 0.6) is 11.8 Å². The van der Waals surface area contributed by atoms with E-state index in [-0.39, 0.29) is 39.6 Å². The van der Waals surface area contributed by atoms with E-state index >= 15 is 4.39 Å². The smallest absolute Gasteiger partial charge is 0.319 e. The predicted molar refractivity (Wildman–Crippen MR) is 145 cm³/mol. The number of benzene rings is 2. The van der Waals surface area contributed by atoms with Crippen LogP contribution in [0.2, 0.25) is 0 Å². The molecule has 7 rings (SSSR count). The maximum atomic E-state index is 16.4. The molecule has 7 nitrogen and oxygen atoms in total. The highest BCUT2D eigenvalue weighted by Crippen LogP contribution is 2.41. The predicted octanol–water partition coefficient (Wildman–Crippen LogP) is 5.03. The lowest BCUT2D eigenvalue weighted by atomic mass is 9.95. The molecule has 4 aromatic rings. The number of hydrogen-bond donors (Lipinski definition) is 1. The SMILES string of the molecule is C#Cc1c(F)ccc2cc(O)cc(-c3ncc4c(N5CCC5)nc(OCC56CCCN5CCC6)nc4c3F)c12. The normalized spacial score (nSPS) is 18.3. The van der Waals surface area contributed by atoms with E-state index < -0.39 is 11.6 Å². The topological polar surface area (TPSA) is 74.6 Å². The van der Waals surface area contributed by atoms with Crippen LogP contribution in [0.3, 0.4) is 0 Å². The number of rotatable bonds is 5. The Hall–Kier alpha value is -4.03. The van der Waals surface area contributed by atoms with Crippen molar-refractivity contribution in [1.82, 2.24) is 19.9 Å². The summed E-state index contributed by atoms with van der Waals surface area (Å²) in [5, 5.41) is 11.7. The number of phenolic OH excluding ortho intramolecular Hbond substituents is 1. The van der Waals surface area contributed by atoms with E-state index in [0.717, 1.165) is 58.3 Å². The Morgan fingerprint density at radius 3 is 2.56 bits per heavy atom. The quantitative estimate of drug-likeness (QED) is 0.365. The summed E-state index contributed by atoms with van der Waals surface area (Å²) < 4.78 is 37.2. The van der Waals surface area contributed by atoms with Gasteiger partial charge in [0.2, 0.25) is 0 Å². The summed E-state index contributed by atoms with van der Waals surface area (Å²) in [6.45, 7) is 4.20. The zero-order valence-electron chi connectivity index (χ0n) is 21.4. The number of phenols is 1.